The van der Waals surface area contributed by atoms with Crippen LogP contribution in [0.3, 0.4) is 0 Å². The second-order valence-corrected chi connectivity index (χ2v) is 15.6. The largest absolute Gasteiger partial charge is 0.394 e. The third kappa shape index (κ3) is 18.9. The molecule has 0 bridgehead atoms. The van der Waals surface area contributed by atoms with Crippen LogP contribution in [0.4, 0.5) is 0 Å². The van der Waals surface area contributed by atoms with E-state index >= 15 is 0 Å². The van der Waals surface area contributed by atoms with Gasteiger partial charge in [-0.1, -0.05) is 0 Å². The van der Waals surface area contributed by atoms with E-state index in [9.17, 15) is 0 Å². The van der Waals surface area contributed by atoms with Crippen LogP contribution in [0.5, 0.6) is 0 Å². The summed E-state index contributed by atoms with van der Waals surface area (Å²) in [6.45, 7) is -2.72. The van der Waals surface area contributed by atoms with Crippen molar-refractivity contribution in [3.05, 3.63) is 0 Å². The van der Waals surface area contributed by atoms with Gasteiger partial charge in [0, 0.05) is 0 Å². The van der Waals surface area contributed by atoms with E-state index in [1.165, 1.54) is 0 Å². The number of aliphatic hydroxyl groups excluding tert-OH is 24. The molecule has 66 heavy (non-hydrogen) atoms. The molecule has 6 saturated heterocycles. The normalized spacial score (nSPS) is 37.6. The second-order valence-electron chi connectivity index (χ2n) is 15.6. The molecule has 0 aromatic heterocycles. The summed E-state index contributed by atoms with van der Waals surface area (Å²) >= 11 is 0. The van der Waals surface area contributed by atoms with Crippen LogP contribution in [0.25, 0.3) is 0 Å². The smallest absolute Gasteiger partial charge is 0.114 e. The van der Waals surface area contributed by atoms with Crippen LogP contribution in [0.2, 0.25) is 0 Å². The van der Waals surface area contributed by atoms with E-state index < -0.39 is 162 Å². The van der Waals surface area contributed by atoms with Gasteiger partial charge in [-0.3, -0.25) is 0 Å². The highest BCUT2D eigenvalue weighted by atomic mass is 16.6. The highest BCUT2D eigenvalue weighted by Gasteiger charge is 2.47. The van der Waals surface area contributed by atoms with E-state index in [-0.39, 0.29) is 64.1 Å². The van der Waals surface area contributed by atoms with Crippen LogP contribution in [0.15, 0.2) is 0 Å². The van der Waals surface area contributed by atoms with Crippen molar-refractivity contribution in [1.29, 1.82) is 0 Å². The monoisotopic (exact) mass is 984 g/mol. The predicted octanol–water partition coefficient (Wildman–Crippen LogP) is -15.2. The summed E-state index contributed by atoms with van der Waals surface area (Å²) < 4.78 is 29.9. The maximum atomic E-state index is 9.16. The van der Waals surface area contributed by atoms with Crippen molar-refractivity contribution in [3.8, 4) is 0 Å². The van der Waals surface area contributed by atoms with Gasteiger partial charge in [-0.05, 0) is 0 Å². The lowest BCUT2D eigenvalue weighted by atomic mass is 10.0. The number of ether oxygens (including phenoxy) is 6. The fourth-order valence-corrected chi connectivity index (χ4v) is 6.40. The van der Waals surface area contributed by atoms with Gasteiger partial charge in [0.2, 0.25) is 0 Å². The number of aliphatic hydroxyl groups is 24. The van der Waals surface area contributed by atoms with Crippen LogP contribution in [0, 0.1) is 0 Å². The van der Waals surface area contributed by atoms with Crippen LogP contribution in [0.1, 0.15) is 0 Å². The molecule has 30 nitrogen and oxygen atoms in total. The lowest BCUT2D eigenvalue weighted by Crippen LogP contribution is -2.46. The molecule has 6 aliphatic heterocycles. The minimum absolute atomic E-state index is 0.00287. The van der Waals surface area contributed by atoms with E-state index in [1.807, 2.05) is 0 Å². The van der Waals surface area contributed by atoms with Crippen LogP contribution >= 0.6 is 0 Å². The Morgan fingerprint density at radius 1 is 0.288 bits per heavy atom. The number of hydrogen-bond acceptors (Lipinski definition) is 30. The highest BCUT2D eigenvalue weighted by Crippen LogP contribution is 2.27. The minimum atomic E-state index is -1.67. The van der Waals surface area contributed by atoms with E-state index in [0.29, 0.717) is 0 Å². The fraction of sp³-hybridized carbons (Fsp3) is 1.00. The Hall–Kier alpha value is -1.20. The predicted molar refractivity (Wildman–Crippen MR) is 209 cm³/mol. The average molecular weight is 985 g/mol. The van der Waals surface area contributed by atoms with Gasteiger partial charge in [0.1, 0.15) is 146 Å². The minimum Gasteiger partial charge on any atom is -0.394 e. The Morgan fingerprint density at radius 2 is 0.485 bits per heavy atom. The Bertz CT molecular complexity index is 1080. The summed E-state index contributed by atoms with van der Waals surface area (Å²) in [5.41, 5.74) is 0. The van der Waals surface area contributed by atoms with Crippen molar-refractivity contribution in [2.75, 3.05) is 79.3 Å². The molecule has 396 valence electrons. The van der Waals surface area contributed by atoms with Gasteiger partial charge < -0.3 is 151 Å². The van der Waals surface area contributed by atoms with E-state index in [1.54, 1.807) is 0 Å². The summed E-state index contributed by atoms with van der Waals surface area (Å²) in [6, 6.07) is 0. The first-order chi connectivity index (χ1) is 31.0. The van der Waals surface area contributed by atoms with Gasteiger partial charge in [0.25, 0.3) is 0 Å². The van der Waals surface area contributed by atoms with Gasteiger partial charge in [0.05, 0.1) is 79.3 Å². The molecule has 6 fully saturated rings. The molecule has 0 radical (unpaired) electrons. The molecule has 0 amide bonds. The van der Waals surface area contributed by atoms with Crippen LogP contribution in [-0.2, 0) is 28.4 Å². The fourth-order valence-electron chi connectivity index (χ4n) is 6.40. The van der Waals surface area contributed by atoms with Crippen molar-refractivity contribution in [1.82, 2.24) is 0 Å². The van der Waals surface area contributed by atoms with Gasteiger partial charge >= 0.3 is 0 Å². The summed E-state index contributed by atoms with van der Waals surface area (Å²) in [6.07, 6.45) is -24.3. The third-order valence-corrected chi connectivity index (χ3v) is 10.5. The Balaban J connectivity index is 0.000000396. The van der Waals surface area contributed by atoms with Crippen molar-refractivity contribution in [3.63, 3.8) is 0 Å². The molecule has 30 heteroatoms. The lowest BCUT2D eigenvalue weighted by Gasteiger charge is -2.24. The van der Waals surface area contributed by atoms with Crippen molar-refractivity contribution in [2.45, 2.75) is 146 Å². The van der Waals surface area contributed by atoms with Crippen LogP contribution in [-0.4, -0.2) is 348 Å². The molecule has 6 aliphatic rings. The summed E-state index contributed by atoms with van der Waals surface area (Å²) in [7, 11) is 0. The molecule has 0 saturated carbocycles. The number of fused-ring (bicyclic) bond motifs is 2. The van der Waals surface area contributed by atoms with Gasteiger partial charge in [-0.25, -0.2) is 0 Å². The standard InChI is InChI=1S/2C6H14O6.2C6H12O5.2C6H10O4/c2*7-1-3(9)5(11)6(12)4(10)2-8;2*7-1-3(8)6-5(10)4(9)2-11-6;2*7-3-1-9-6-4(8)2-10-5(3)6/h2*3-12H,1-2H2;2*3-10H,1-2H2;2*3-8H,1-2H2/t2*3-,4-,5-,6-;2*3?,4-,5-,6-;2*3-,4-,5-,6-/m111111/s1. The molecule has 0 aliphatic carbocycles. The molecule has 0 aromatic carbocycles. The molecule has 6 heterocycles. The maximum Gasteiger partial charge on any atom is 0.114 e. The highest BCUT2D eigenvalue weighted by molar-refractivity contribution is 4.95. The second kappa shape index (κ2) is 31.9. The average Bonchev–Trinajstić information content (AvgIpc) is 4.20. The van der Waals surface area contributed by atoms with Crippen molar-refractivity contribution in [2.24, 2.45) is 0 Å². The zero-order chi connectivity index (χ0) is 50.6. The van der Waals surface area contributed by atoms with Gasteiger partial charge in [-0.2, -0.15) is 0 Å². The van der Waals surface area contributed by atoms with Crippen molar-refractivity contribution >= 4 is 0 Å². The Morgan fingerprint density at radius 3 is 0.636 bits per heavy atom. The first-order valence-electron chi connectivity index (χ1n) is 20.6. The first kappa shape index (κ1) is 62.8. The number of hydrogen-bond donors (Lipinski definition) is 24. The maximum absolute atomic E-state index is 9.16. The van der Waals surface area contributed by atoms with Gasteiger partial charge in [0.15, 0.2) is 0 Å². The number of rotatable bonds is 14. The van der Waals surface area contributed by atoms with E-state index in [4.69, 9.17) is 151 Å². The molecule has 0 spiro atoms. The van der Waals surface area contributed by atoms with Gasteiger partial charge in [-0.15, -0.1) is 0 Å². The molecule has 6 rings (SSSR count). The Kier molecular flexibility index (Phi) is 30.4. The molecular weight excluding hydrogens is 912 g/mol. The summed E-state index contributed by atoms with van der Waals surface area (Å²) in [4.78, 5) is 0. The molecule has 24 atom stereocenters. The molecule has 0 aromatic rings. The Labute approximate surface area is 376 Å². The van der Waals surface area contributed by atoms with Crippen LogP contribution < -0.4 is 0 Å². The zero-order valence-corrected chi connectivity index (χ0v) is 35.5. The SMILES string of the molecule is OCC(O)[C@H]1OC[C@@H](O)[C@H]1O.OCC(O)[C@H]1OC[C@@H](O)[C@H]1O.OC[C@@H](O)[C@@H](O)[C@H](O)[C@H](O)CO.OC[C@@H](O)[C@@H](O)[C@H](O)[C@H](O)CO.O[C@@H]1CO[C@H]2[C@@H]1OC[C@H]2O.O[C@@H]1CO[C@H]2[C@@H]1OC[C@H]2O. The topological polar surface area (TPSA) is 541 Å². The van der Waals surface area contributed by atoms with Crippen molar-refractivity contribution < 1.29 is 151 Å². The first-order valence-corrected chi connectivity index (χ1v) is 20.6. The summed E-state index contributed by atoms with van der Waals surface area (Å²) in [5.74, 6) is 0. The third-order valence-electron chi connectivity index (χ3n) is 10.5. The zero-order valence-electron chi connectivity index (χ0n) is 35.5. The molecule has 2 unspecified atom stereocenters. The quantitative estimate of drug-likeness (QED) is 0.0768. The lowest BCUT2D eigenvalue weighted by molar-refractivity contribution is -0.123. The molecule has 24 N–H and O–H groups in total. The molecular formula is C36H72O30. The van der Waals surface area contributed by atoms with E-state index in [0.717, 1.165) is 0 Å². The van der Waals surface area contributed by atoms with E-state index in [2.05, 4.69) is 0 Å². The summed E-state index contributed by atoms with van der Waals surface area (Å²) in [5, 5.41) is 212.